The van der Waals surface area contributed by atoms with Crippen molar-refractivity contribution in [1.82, 2.24) is 10.2 Å². The molecule has 13 heteroatoms. The van der Waals surface area contributed by atoms with E-state index in [-0.39, 0.29) is 22.5 Å². The van der Waals surface area contributed by atoms with Crippen molar-refractivity contribution in [3.8, 4) is 0 Å². The monoisotopic (exact) mass is 393 g/mol. The normalized spacial score (nSPS) is 11.2. The number of nitrogens with one attached hydrogen (secondary N) is 2. The van der Waals surface area contributed by atoms with Gasteiger partial charge >= 0.3 is 6.18 Å². The third-order valence-corrected chi connectivity index (χ3v) is 4.55. The number of alkyl halides is 3. The van der Waals surface area contributed by atoms with Crippen LogP contribution in [0.15, 0.2) is 28.6 Å². The second-order valence-corrected chi connectivity index (χ2v) is 6.68. The quantitative estimate of drug-likeness (QED) is 0.422. The third-order valence-electron chi connectivity index (χ3n) is 2.54. The molecule has 1 aromatic carbocycles. The summed E-state index contributed by atoms with van der Waals surface area (Å²) in [6, 6.07) is 5.30. The fraction of sp³-hybridized carbons (Fsp3) is 0.250. The van der Waals surface area contributed by atoms with E-state index in [1.54, 1.807) is 0 Å². The maximum Gasteiger partial charge on any atom is 0.405 e. The number of nitrogens with zero attached hydrogens (tertiary/aromatic N) is 3. The number of anilines is 2. The van der Waals surface area contributed by atoms with Crippen LogP contribution in [-0.2, 0) is 4.79 Å². The molecule has 2 rings (SSSR count). The smallest absolute Gasteiger partial charge is 0.351 e. The van der Waals surface area contributed by atoms with Gasteiger partial charge in [0.2, 0.25) is 11.0 Å². The van der Waals surface area contributed by atoms with Gasteiger partial charge in [0.05, 0.1) is 10.7 Å². The summed E-state index contributed by atoms with van der Waals surface area (Å²) >= 11 is 1.92. The number of nitro benzene ring substituents is 1. The highest BCUT2D eigenvalue weighted by Gasteiger charge is 2.27. The number of nitro groups is 1. The molecule has 0 saturated heterocycles. The Kier molecular flexibility index (Phi) is 6.14. The minimum atomic E-state index is -4.36. The lowest BCUT2D eigenvalue weighted by molar-refractivity contribution is -0.384. The van der Waals surface area contributed by atoms with Crippen LogP contribution < -0.4 is 10.6 Å². The van der Waals surface area contributed by atoms with E-state index < -0.39 is 17.6 Å². The van der Waals surface area contributed by atoms with Crippen LogP contribution in [0.4, 0.5) is 29.7 Å². The van der Waals surface area contributed by atoms with Crippen molar-refractivity contribution in [2.24, 2.45) is 0 Å². The molecule has 0 radical (unpaired) electrons. The molecule has 0 unspecified atom stereocenters. The molecular formula is C12H10F3N5O3S2. The Hall–Kier alpha value is -2.41. The zero-order valence-electron chi connectivity index (χ0n) is 12.2. The number of hydrogen-bond acceptors (Lipinski definition) is 8. The molecule has 25 heavy (non-hydrogen) atoms. The molecule has 1 aromatic heterocycles. The predicted molar refractivity (Wildman–Crippen MR) is 86.9 cm³/mol. The van der Waals surface area contributed by atoms with E-state index in [1.165, 1.54) is 24.3 Å². The van der Waals surface area contributed by atoms with Gasteiger partial charge in [-0.15, -0.1) is 10.2 Å². The lowest BCUT2D eigenvalue weighted by Gasteiger charge is -2.05. The molecule has 1 heterocycles. The summed E-state index contributed by atoms with van der Waals surface area (Å²) in [6.45, 7) is -1.22. The molecule has 0 bridgehead atoms. The number of thioether (sulfide) groups is 1. The second kappa shape index (κ2) is 8.11. The lowest BCUT2D eigenvalue weighted by atomic mass is 10.3. The van der Waals surface area contributed by atoms with Gasteiger partial charge in [0.1, 0.15) is 6.54 Å². The number of amides is 1. The average molecular weight is 393 g/mol. The minimum absolute atomic E-state index is 0.00982. The van der Waals surface area contributed by atoms with Gasteiger partial charge < -0.3 is 10.6 Å². The number of carbonyl (C=O) groups is 1. The summed E-state index contributed by atoms with van der Waals surface area (Å²) < 4.78 is 36.6. The van der Waals surface area contributed by atoms with Crippen LogP contribution in [0.5, 0.6) is 0 Å². The minimum Gasteiger partial charge on any atom is -0.351 e. The van der Waals surface area contributed by atoms with E-state index in [4.69, 9.17) is 0 Å². The van der Waals surface area contributed by atoms with Gasteiger partial charge in [-0.1, -0.05) is 23.1 Å². The first-order valence-corrected chi connectivity index (χ1v) is 8.34. The fourth-order valence-corrected chi connectivity index (χ4v) is 3.05. The van der Waals surface area contributed by atoms with Gasteiger partial charge in [-0.2, -0.15) is 13.2 Å². The maximum atomic E-state index is 12.1. The summed E-state index contributed by atoms with van der Waals surface area (Å²) in [5.41, 5.74) is 0.293. The molecule has 1 amide bonds. The van der Waals surface area contributed by atoms with Gasteiger partial charge in [-0.05, 0) is 12.1 Å². The molecule has 0 aliphatic carbocycles. The number of non-ortho nitro benzene ring substituents is 1. The van der Waals surface area contributed by atoms with Crippen LogP contribution >= 0.6 is 23.1 Å². The van der Waals surface area contributed by atoms with Crippen LogP contribution in [-0.4, -0.2) is 39.5 Å². The highest BCUT2D eigenvalue weighted by molar-refractivity contribution is 8.01. The molecule has 8 nitrogen and oxygen atoms in total. The highest BCUT2D eigenvalue weighted by Crippen LogP contribution is 2.26. The van der Waals surface area contributed by atoms with E-state index in [0.29, 0.717) is 10.0 Å². The summed E-state index contributed by atoms with van der Waals surface area (Å²) in [7, 11) is 0. The van der Waals surface area contributed by atoms with Gasteiger partial charge in [0.25, 0.3) is 5.69 Å². The first-order valence-electron chi connectivity index (χ1n) is 6.54. The molecule has 2 N–H and O–H groups in total. The zero-order chi connectivity index (χ0) is 18.4. The van der Waals surface area contributed by atoms with E-state index >= 15 is 0 Å². The van der Waals surface area contributed by atoms with E-state index in [9.17, 15) is 28.1 Å². The highest BCUT2D eigenvalue weighted by atomic mass is 32.2. The molecule has 0 atom stereocenters. The molecule has 0 spiro atoms. The largest absolute Gasteiger partial charge is 0.405 e. The first kappa shape index (κ1) is 18.9. The Morgan fingerprint density at radius 1 is 1.28 bits per heavy atom. The van der Waals surface area contributed by atoms with Crippen LogP contribution in [0.1, 0.15) is 0 Å². The zero-order valence-corrected chi connectivity index (χ0v) is 13.9. The summed E-state index contributed by atoms with van der Waals surface area (Å²) in [4.78, 5) is 21.8. The van der Waals surface area contributed by atoms with Crippen LogP contribution in [0.2, 0.25) is 0 Å². The van der Waals surface area contributed by atoms with Crippen molar-refractivity contribution < 1.29 is 22.9 Å². The standard InChI is InChI=1S/C12H10F3N5O3S2/c13-12(14,15)6-16-10-18-19-11(25-10)24-5-9(21)17-7-1-3-8(4-2-7)20(22)23/h1-4H,5-6H2,(H,16,18)(H,17,21). The SMILES string of the molecule is O=C(CSc1nnc(NCC(F)(F)F)s1)Nc1ccc([N+](=O)[O-])cc1. The predicted octanol–water partition coefficient (Wildman–Crippen LogP) is 3.15. The number of hydrogen-bond donors (Lipinski definition) is 2. The molecule has 0 fully saturated rings. The number of rotatable bonds is 7. The third kappa shape index (κ3) is 6.54. The topological polar surface area (TPSA) is 110 Å². The average Bonchev–Trinajstić information content (AvgIpc) is 2.99. The second-order valence-electron chi connectivity index (χ2n) is 4.48. The van der Waals surface area contributed by atoms with Crippen molar-refractivity contribution in [2.45, 2.75) is 10.5 Å². The van der Waals surface area contributed by atoms with Crippen LogP contribution in [0, 0.1) is 10.1 Å². The summed E-state index contributed by atoms with van der Waals surface area (Å²) in [6.07, 6.45) is -4.36. The van der Waals surface area contributed by atoms with Crippen molar-refractivity contribution >= 4 is 45.5 Å². The number of benzene rings is 1. The van der Waals surface area contributed by atoms with Gasteiger partial charge in [0.15, 0.2) is 4.34 Å². The van der Waals surface area contributed by atoms with Crippen molar-refractivity contribution in [3.05, 3.63) is 34.4 Å². The summed E-state index contributed by atoms with van der Waals surface area (Å²) in [5.74, 6) is -0.427. The van der Waals surface area contributed by atoms with E-state index in [1.807, 2.05) is 0 Å². The van der Waals surface area contributed by atoms with Crippen LogP contribution in [0.3, 0.4) is 0 Å². The molecule has 2 aromatic rings. The molecule has 0 aliphatic rings. The number of carbonyl (C=O) groups excluding carboxylic acids is 1. The Balaban J connectivity index is 1.80. The van der Waals surface area contributed by atoms with E-state index in [2.05, 4.69) is 20.8 Å². The first-order chi connectivity index (χ1) is 11.7. The Bertz CT molecular complexity index is 751. The van der Waals surface area contributed by atoms with Gasteiger partial charge in [0, 0.05) is 17.8 Å². The molecule has 0 aliphatic heterocycles. The molecule has 134 valence electrons. The number of halogens is 3. The van der Waals surface area contributed by atoms with Crippen molar-refractivity contribution in [1.29, 1.82) is 0 Å². The van der Waals surface area contributed by atoms with Crippen molar-refractivity contribution in [3.63, 3.8) is 0 Å². The van der Waals surface area contributed by atoms with Gasteiger partial charge in [-0.25, -0.2) is 0 Å². The Morgan fingerprint density at radius 3 is 2.56 bits per heavy atom. The molecular weight excluding hydrogens is 383 g/mol. The van der Waals surface area contributed by atoms with Gasteiger partial charge in [-0.3, -0.25) is 14.9 Å². The Labute approximate surface area is 147 Å². The summed E-state index contributed by atoms with van der Waals surface area (Å²) in [5, 5.41) is 22.4. The van der Waals surface area contributed by atoms with Crippen LogP contribution in [0.25, 0.3) is 0 Å². The van der Waals surface area contributed by atoms with E-state index in [0.717, 1.165) is 23.1 Å². The maximum absolute atomic E-state index is 12.1. The number of aromatic nitrogens is 2. The molecule has 0 saturated carbocycles. The Morgan fingerprint density at radius 2 is 1.96 bits per heavy atom. The lowest BCUT2D eigenvalue weighted by Crippen LogP contribution is -2.21. The van der Waals surface area contributed by atoms with Crippen molar-refractivity contribution in [2.75, 3.05) is 22.9 Å². The fourth-order valence-electron chi connectivity index (χ4n) is 1.51.